The van der Waals surface area contributed by atoms with Crippen LogP contribution in [-0.2, 0) is 6.54 Å². The molecule has 0 atom stereocenters. The zero-order valence-corrected chi connectivity index (χ0v) is 16.1. The molecule has 6 nitrogen and oxygen atoms in total. The maximum atomic E-state index is 12.2. The molecule has 0 aliphatic heterocycles. The van der Waals surface area contributed by atoms with Gasteiger partial charge in [-0.15, -0.1) is 24.5 Å². The van der Waals surface area contributed by atoms with Gasteiger partial charge in [-0.25, -0.2) is 9.98 Å². The van der Waals surface area contributed by atoms with Crippen molar-refractivity contribution in [3.8, 4) is 22.1 Å². The molecule has 3 rings (SSSR count). The predicted octanol–water partition coefficient (Wildman–Crippen LogP) is 4.64. The molecule has 2 aromatic carbocycles. The quantitative estimate of drug-likeness (QED) is 0.447. The van der Waals surface area contributed by atoms with Crippen LogP contribution in [-0.4, -0.2) is 24.4 Å². The van der Waals surface area contributed by atoms with Crippen molar-refractivity contribution in [2.75, 3.05) is 12.4 Å². The number of hydrogen-bond donors (Lipinski definition) is 2. The summed E-state index contributed by atoms with van der Waals surface area (Å²) in [6.07, 6.45) is -4.73. The normalized spacial score (nSPS) is 11.9. The second-order valence-corrected chi connectivity index (χ2v) is 6.63. The Kier molecular flexibility index (Phi) is 6.23. The highest BCUT2D eigenvalue weighted by Crippen LogP contribution is 2.26. The lowest BCUT2D eigenvalue weighted by Gasteiger charge is -2.10. The third-order valence-corrected chi connectivity index (χ3v) is 4.60. The maximum absolute atomic E-state index is 12.2. The van der Waals surface area contributed by atoms with Crippen LogP contribution in [0.2, 0.25) is 0 Å². The number of aliphatic imine (C=N–C) groups is 1. The Labute approximate surface area is 168 Å². The molecule has 0 aliphatic rings. The van der Waals surface area contributed by atoms with Crippen LogP contribution in [0.1, 0.15) is 5.69 Å². The second kappa shape index (κ2) is 8.82. The zero-order chi connectivity index (χ0) is 20.9. The van der Waals surface area contributed by atoms with Gasteiger partial charge < -0.3 is 20.5 Å². The lowest BCUT2D eigenvalue weighted by molar-refractivity contribution is -0.274. The van der Waals surface area contributed by atoms with Crippen LogP contribution >= 0.6 is 11.3 Å². The minimum Gasteiger partial charge on any atom is -0.497 e. The number of nitrogens with zero attached hydrogens (tertiary/aromatic N) is 2. The molecular weight excluding hydrogens is 405 g/mol. The lowest BCUT2D eigenvalue weighted by Crippen LogP contribution is -2.22. The molecule has 0 bridgehead atoms. The third-order valence-electron chi connectivity index (χ3n) is 3.66. The topological polar surface area (TPSA) is 81.8 Å². The molecule has 0 spiro atoms. The standard InChI is InChI=1S/C19H17F3N4O2S/c1-27-15-6-2-12(3-7-15)17-25-14(11-29-17)10-24-18(23)26-13-4-8-16(9-5-13)28-19(20,21)22/h2-9,11H,10H2,1H3,(H3,23,24,26). The van der Waals surface area contributed by atoms with Crippen LogP contribution in [0.15, 0.2) is 58.9 Å². The van der Waals surface area contributed by atoms with E-state index in [0.717, 1.165) is 22.0 Å². The average molecular weight is 422 g/mol. The molecule has 0 aliphatic carbocycles. The maximum Gasteiger partial charge on any atom is 0.573 e. The summed E-state index contributed by atoms with van der Waals surface area (Å²) in [6.45, 7) is 0.265. The van der Waals surface area contributed by atoms with Crippen LogP contribution < -0.4 is 20.5 Å². The Hall–Kier alpha value is -3.27. The number of methoxy groups -OCH3 is 1. The second-order valence-electron chi connectivity index (χ2n) is 5.77. The van der Waals surface area contributed by atoms with E-state index in [1.807, 2.05) is 29.6 Å². The molecule has 0 fully saturated rings. The number of nitrogens with two attached hydrogens (primary N) is 1. The Morgan fingerprint density at radius 1 is 1.10 bits per heavy atom. The van der Waals surface area contributed by atoms with Gasteiger partial charge in [0.15, 0.2) is 5.96 Å². The van der Waals surface area contributed by atoms with Crippen molar-refractivity contribution in [1.82, 2.24) is 4.98 Å². The summed E-state index contributed by atoms with van der Waals surface area (Å²) >= 11 is 1.49. The van der Waals surface area contributed by atoms with E-state index in [0.29, 0.717) is 5.69 Å². The Balaban J connectivity index is 1.58. The van der Waals surface area contributed by atoms with Crippen LogP contribution in [0.4, 0.5) is 18.9 Å². The van der Waals surface area contributed by atoms with Gasteiger partial charge in [0.05, 0.1) is 19.3 Å². The summed E-state index contributed by atoms with van der Waals surface area (Å²) in [6, 6.07) is 12.8. The van der Waals surface area contributed by atoms with E-state index in [2.05, 4.69) is 20.0 Å². The molecule has 29 heavy (non-hydrogen) atoms. The molecule has 3 aromatic rings. The first-order chi connectivity index (χ1) is 13.8. The van der Waals surface area contributed by atoms with Gasteiger partial charge in [0.25, 0.3) is 0 Å². The van der Waals surface area contributed by atoms with Crippen molar-refractivity contribution < 1.29 is 22.6 Å². The van der Waals surface area contributed by atoms with Crippen molar-refractivity contribution in [1.29, 1.82) is 0 Å². The van der Waals surface area contributed by atoms with E-state index in [-0.39, 0.29) is 18.3 Å². The molecule has 0 unspecified atom stereocenters. The highest BCUT2D eigenvalue weighted by molar-refractivity contribution is 7.13. The molecular formula is C19H17F3N4O2S. The van der Waals surface area contributed by atoms with Gasteiger partial charge in [-0.1, -0.05) is 0 Å². The zero-order valence-electron chi connectivity index (χ0n) is 15.2. The van der Waals surface area contributed by atoms with Crippen molar-refractivity contribution >= 4 is 23.0 Å². The van der Waals surface area contributed by atoms with Gasteiger partial charge in [-0.2, -0.15) is 0 Å². The number of guanidine groups is 1. The van der Waals surface area contributed by atoms with Gasteiger partial charge in [-0.3, -0.25) is 0 Å². The number of benzene rings is 2. The molecule has 0 saturated heterocycles. The Morgan fingerprint density at radius 3 is 2.38 bits per heavy atom. The molecule has 10 heteroatoms. The Bertz CT molecular complexity index is 970. The van der Waals surface area contributed by atoms with Gasteiger partial charge in [0.2, 0.25) is 0 Å². The predicted molar refractivity (Wildman–Crippen MR) is 106 cm³/mol. The third kappa shape index (κ3) is 6.11. The fourth-order valence-corrected chi connectivity index (χ4v) is 3.16. The van der Waals surface area contributed by atoms with Crippen LogP contribution in [0, 0.1) is 0 Å². The highest BCUT2D eigenvalue weighted by Gasteiger charge is 2.30. The first-order valence-electron chi connectivity index (χ1n) is 8.34. The molecule has 0 amide bonds. The van der Waals surface area contributed by atoms with Gasteiger partial charge in [0, 0.05) is 16.6 Å². The van der Waals surface area contributed by atoms with Crippen molar-refractivity contribution in [2.45, 2.75) is 12.9 Å². The lowest BCUT2D eigenvalue weighted by atomic mass is 10.2. The summed E-state index contributed by atoms with van der Waals surface area (Å²) in [5.41, 5.74) is 8.04. The summed E-state index contributed by atoms with van der Waals surface area (Å²) in [4.78, 5) is 8.73. The summed E-state index contributed by atoms with van der Waals surface area (Å²) in [5.74, 6) is 0.576. The largest absolute Gasteiger partial charge is 0.573 e. The monoisotopic (exact) mass is 422 g/mol. The number of anilines is 1. The first kappa shape index (κ1) is 20.5. The molecule has 152 valence electrons. The molecule has 0 radical (unpaired) electrons. The van der Waals surface area contributed by atoms with Crippen LogP contribution in [0.5, 0.6) is 11.5 Å². The SMILES string of the molecule is COc1ccc(-c2nc(CN=C(N)Nc3ccc(OC(F)(F)F)cc3)cs2)cc1. The molecule has 3 N–H and O–H groups in total. The number of ether oxygens (including phenoxy) is 2. The van der Waals surface area contributed by atoms with Crippen molar-refractivity contribution in [3.63, 3.8) is 0 Å². The highest BCUT2D eigenvalue weighted by atomic mass is 32.1. The van der Waals surface area contributed by atoms with Gasteiger partial charge in [0.1, 0.15) is 16.5 Å². The number of halogens is 3. The summed E-state index contributed by atoms with van der Waals surface area (Å²) < 4.78 is 45.5. The molecule has 1 aromatic heterocycles. The Morgan fingerprint density at radius 2 is 1.76 bits per heavy atom. The van der Waals surface area contributed by atoms with E-state index in [9.17, 15) is 13.2 Å². The molecule has 1 heterocycles. The average Bonchev–Trinajstić information content (AvgIpc) is 3.16. The minimum absolute atomic E-state index is 0.119. The summed E-state index contributed by atoms with van der Waals surface area (Å²) in [5, 5.41) is 5.55. The minimum atomic E-state index is -4.73. The van der Waals surface area contributed by atoms with Crippen LogP contribution in [0.25, 0.3) is 10.6 Å². The van der Waals surface area contributed by atoms with Crippen molar-refractivity contribution in [3.05, 3.63) is 59.6 Å². The smallest absolute Gasteiger partial charge is 0.497 e. The fourth-order valence-electron chi connectivity index (χ4n) is 2.34. The number of aromatic nitrogens is 1. The number of hydrogen-bond acceptors (Lipinski definition) is 5. The van der Waals surface area contributed by atoms with E-state index < -0.39 is 6.36 Å². The fraction of sp³-hybridized carbons (Fsp3) is 0.158. The number of thiazole rings is 1. The number of rotatable bonds is 6. The summed E-state index contributed by atoms with van der Waals surface area (Å²) in [7, 11) is 1.61. The van der Waals surface area contributed by atoms with E-state index in [4.69, 9.17) is 10.5 Å². The van der Waals surface area contributed by atoms with E-state index >= 15 is 0 Å². The van der Waals surface area contributed by atoms with Gasteiger partial charge >= 0.3 is 6.36 Å². The van der Waals surface area contributed by atoms with Crippen LogP contribution in [0.3, 0.4) is 0 Å². The molecule has 0 saturated carbocycles. The van der Waals surface area contributed by atoms with Crippen molar-refractivity contribution in [2.24, 2.45) is 10.7 Å². The van der Waals surface area contributed by atoms with E-state index in [1.165, 1.54) is 35.6 Å². The number of alkyl halides is 3. The number of nitrogens with one attached hydrogen (secondary N) is 1. The van der Waals surface area contributed by atoms with Gasteiger partial charge in [-0.05, 0) is 48.5 Å². The van der Waals surface area contributed by atoms with E-state index in [1.54, 1.807) is 7.11 Å². The first-order valence-corrected chi connectivity index (χ1v) is 9.22.